The summed E-state index contributed by atoms with van der Waals surface area (Å²) in [6.45, 7) is 0.811. The van der Waals surface area contributed by atoms with Gasteiger partial charge < -0.3 is 24.4 Å². The SMILES string of the molecule is COc1ccc(CN2C(=O)COC(C(=O)NCC3CC3)C2c2ccccc2)c(OC)c1. The molecule has 0 bridgehead atoms. The average molecular weight is 424 g/mol. The summed E-state index contributed by atoms with van der Waals surface area (Å²) in [5, 5.41) is 3.01. The van der Waals surface area contributed by atoms with E-state index in [2.05, 4.69) is 5.32 Å². The third-order valence-corrected chi connectivity index (χ3v) is 5.83. The van der Waals surface area contributed by atoms with Crippen LogP contribution < -0.4 is 14.8 Å². The van der Waals surface area contributed by atoms with E-state index < -0.39 is 12.1 Å². The molecule has 2 amide bonds. The summed E-state index contributed by atoms with van der Waals surface area (Å²) >= 11 is 0. The fourth-order valence-corrected chi connectivity index (χ4v) is 3.90. The lowest BCUT2D eigenvalue weighted by Crippen LogP contribution is -2.54. The average Bonchev–Trinajstić information content (AvgIpc) is 3.64. The number of nitrogens with zero attached hydrogens (tertiary/aromatic N) is 1. The van der Waals surface area contributed by atoms with Gasteiger partial charge in [0.15, 0.2) is 6.10 Å². The third kappa shape index (κ3) is 4.82. The van der Waals surface area contributed by atoms with Crippen LogP contribution >= 0.6 is 0 Å². The molecule has 2 aromatic rings. The molecule has 2 fully saturated rings. The largest absolute Gasteiger partial charge is 0.497 e. The molecule has 2 aliphatic rings. The van der Waals surface area contributed by atoms with E-state index in [9.17, 15) is 9.59 Å². The van der Waals surface area contributed by atoms with Crippen molar-refractivity contribution >= 4 is 11.8 Å². The van der Waals surface area contributed by atoms with E-state index in [-0.39, 0.29) is 18.4 Å². The first kappa shape index (κ1) is 21.2. The molecule has 1 saturated heterocycles. The van der Waals surface area contributed by atoms with Crippen LogP contribution in [0.5, 0.6) is 11.5 Å². The van der Waals surface area contributed by atoms with E-state index >= 15 is 0 Å². The summed E-state index contributed by atoms with van der Waals surface area (Å²) in [6, 6.07) is 14.5. The first-order chi connectivity index (χ1) is 15.1. The highest BCUT2D eigenvalue weighted by Gasteiger charge is 2.42. The second-order valence-corrected chi connectivity index (χ2v) is 7.98. The van der Waals surface area contributed by atoms with Crippen LogP contribution in [-0.4, -0.2) is 50.2 Å². The maximum Gasteiger partial charge on any atom is 0.251 e. The molecule has 4 rings (SSSR count). The van der Waals surface area contributed by atoms with Crippen molar-refractivity contribution in [3.8, 4) is 11.5 Å². The number of morpholine rings is 1. The number of carbonyl (C=O) groups excluding carboxylic acids is 2. The summed E-state index contributed by atoms with van der Waals surface area (Å²) in [5.41, 5.74) is 1.69. The van der Waals surface area contributed by atoms with Crippen molar-refractivity contribution in [2.24, 2.45) is 5.92 Å². The Kier molecular flexibility index (Phi) is 6.42. The second-order valence-electron chi connectivity index (χ2n) is 7.98. The van der Waals surface area contributed by atoms with Crippen LogP contribution in [0.1, 0.15) is 30.0 Å². The van der Waals surface area contributed by atoms with Crippen molar-refractivity contribution in [2.75, 3.05) is 27.4 Å². The van der Waals surface area contributed by atoms with Gasteiger partial charge in [-0.25, -0.2) is 0 Å². The molecule has 1 aliphatic carbocycles. The summed E-state index contributed by atoms with van der Waals surface area (Å²) in [7, 11) is 3.18. The van der Waals surface area contributed by atoms with Gasteiger partial charge in [0.2, 0.25) is 5.91 Å². The monoisotopic (exact) mass is 424 g/mol. The zero-order chi connectivity index (χ0) is 21.8. The topological polar surface area (TPSA) is 77.1 Å². The standard InChI is InChI=1S/C24H28N2O5/c1-29-19-11-10-18(20(12-19)30-2)14-26-21(27)15-31-23(24(28)25-13-16-8-9-16)22(26)17-6-4-3-5-7-17/h3-7,10-12,16,22-23H,8-9,13-15H2,1-2H3,(H,25,28). The Labute approximate surface area is 182 Å². The molecule has 7 nitrogen and oxygen atoms in total. The van der Waals surface area contributed by atoms with E-state index in [1.165, 1.54) is 0 Å². The number of hydrogen-bond donors (Lipinski definition) is 1. The van der Waals surface area contributed by atoms with Gasteiger partial charge in [-0.1, -0.05) is 30.3 Å². The maximum absolute atomic E-state index is 13.0. The fourth-order valence-electron chi connectivity index (χ4n) is 3.90. The number of ether oxygens (including phenoxy) is 3. The second kappa shape index (κ2) is 9.39. The number of carbonyl (C=O) groups is 2. The summed E-state index contributed by atoms with van der Waals surface area (Å²) in [6.07, 6.45) is 1.52. The molecule has 2 aromatic carbocycles. The number of methoxy groups -OCH3 is 2. The van der Waals surface area contributed by atoms with Crippen LogP contribution in [-0.2, 0) is 20.9 Å². The van der Waals surface area contributed by atoms with Crippen LogP contribution in [0.2, 0.25) is 0 Å². The van der Waals surface area contributed by atoms with Gasteiger partial charge >= 0.3 is 0 Å². The van der Waals surface area contributed by atoms with Gasteiger partial charge in [-0.3, -0.25) is 9.59 Å². The van der Waals surface area contributed by atoms with Crippen molar-refractivity contribution in [3.63, 3.8) is 0 Å². The van der Waals surface area contributed by atoms with Crippen LogP contribution in [0.3, 0.4) is 0 Å². The molecular formula is C24H28N2O5. The lowest BCUT2D eigenvalue weighted by atomic mass is 9.96. The minimum absolute atomic E-state index is 0.136. The minimum Gasteiger partial charge on any atom is -0.497 e. The van der Waals surface area contributed by atoms with Crippen LogP contribution in [0.25, 0.3) is 0 Å². The zero-order valence-corrected chi connectivity index (χ0v) is 17.9. The van der Waals surface area contributed by atoms with Gasteiger partial charge in [-0.15, -0.1) is 0 Å². The smallest absolute Gasteiger partial charge is 0.251 e. The molecule has 7 heteroatoms. The normalized spacial score (nSPS) is 21.0. The number of nitrogens with one attached hydrogen (secondary N) is 1. The molecule has 1 saturated carbocycles. The lowest BCUT2D eigenvalue weighted by Gasteiger charge is -2.40. The van der Waals surface area contributed by atoms with Crippen molar-refractivity contribution in [3.05, 3.63) is 59.7 Å². The van der Waals surface area contributed by atoms with Gasteiger partial charge in [0, 0.05) is 18.2 Å². The van der Waals surface area contributed by atoms with Gasteiger partial charge in [0.1, 0.15) is 18.1 Å². The Balaban J connectivity index is 1.64. The van der Waals surface area contributed by atoms with Crippen LogP contribution in [0.4, 0.5) is 0 Å². The first-order valence-corrected chi connectivity index (χ1v) is 10.6. The number of benzene rings is 2. The highest BCUT2D eigenvalue weighted by Crippen LogP contribution is 2.35. The summed E-state index contributed by atoms with van der Waals surface area (Å²) in [4.78, 5) is 27.7. The van der Waals surface area contributed by atoms with Gasteiger partial charge in [0.05, 0.1) is 26.8 Å². The van der Waals surface area contributed by atoms with Crippen molar-refractivity contribution in [2.45, 2.75) is 31.5 Å². The Bertz CT molecular complexity index is 929. The molecule has 1 heterocycles. The zero-order valence-electron chi connectivity index (χ0n) is 17.9. The van der Waals surface area contributed by atoms with Crippen molar-refractivity contribution < 1.29 is 23.8 Å². The molecule has 1 N–H and O–H groups in total. The van der Waals surface area contributed by atoms with Gasteiger partial charge in [-0.05, 0) is 36.5 Å². The van der Waals surface area contributed by atoms with Gasteiger partial charge in [-0.2, -0.15) is 0 Å². The third-order valence-electron chi connectivity index (χ3n) is 5.83. The first-order valence-electron chi connectivity index (χ1n) is 10.6. The summed E-state index contributed by atoms with van der Waals surface area (Å²) in [5.74, 6) is 1.51. The number of rotatable bonds is 8. The maximum atomic E-state index is 13.0. The Morgan fingerprint density at radius 1 is 1.13 bits per heavy atom. The predicted octanol–water partition coefficient (Wildman–Crippen LogP) is 2.70. The molecule has 0 spiro atoms. The van der Waals surface area contributed by atoms with Gasteiger partial charge in [0.25, 0.3) is 5.91 Å². The minimum atomic E-state index is -0.775. The molecule has 0 aromatic heterocycles. The summed E-state index contributed by atoms with van der Waals surface area (Å²) < 4.78 is 16.6. The predicted molar refractivity (Wildman–Crippen MR) is 115 cm³/mol. The molecular weight excluding hydrogens is 396 g/mol. The molecule has 0 radical (unpaired) electrons. The Morgan fingerprint density at radius 2 is 1.90 bits per heavy atom. The highest BCUT2D eigenvalue weighted by atomic mass is 16.5. The van der Waals surface area contributed by atoms with Crippen molar-refractivity contribution in [1.82, 2.24) is 10.2 Å². The van der Waals surface area contributed by atoms with Crippen LogP contribution in [0.15, 0.2) is 48.5 Å². The number of amides is 2. The number of hydrogen-bond acceptors (Lipinski definition) is 5. The molecule has 1 aliphatic heterocycles. The quantitative estimate of drug-likeness (QED) is 0.705. The molecule has 2 atom stereocenters. The van der Waals surface area contributed by atoms with E-state index in [1.807, 2.05) is 42.5 Å². The Morgan fingerprint density at radius 3 is 2.58 bits per heavy atom. The highest BCUT2D eigenvalue weighted by molar-refractivity contribution is 5.86. The van der Waals surface area contributed by atoms with E-state index in [0.29, 0.717) is 30.5 Å². The molecule has 2 unspecified atom stereocenters. The fraction of sp³-hybridized carbons (Fsp3) is 0.417. The van der Waals surface area contributed by atoms with Crippen LogP contribution in [0, 0.1) is 5.92 Å². The lowest BCUT2D eigenvalue weighted by molar-refractivity contribution is -0.165. The Hall–Kier alpha value is -3.06. The molecule has 31 heavy (non-hydrogen) atoms. The van der Waals surface area contributed by atoms with E-state index in [4.69, 9.17) is 14.2 Å². The van der Waals surface area contributed by atoms with E-state index in [1.54, 1.807) is 25.2 Å². The molecule has 164 valence electrons. The van der Waals surface area contributed by atoms with E-state index in [0.717, 1.165) is 24.0 Å². The van der Waals surface area contributed by atoms with Crippen molar-refractivity contribution in [1.29, 1.82) is 0 Å².